The fourth-order valence-corrected chi connectivity index (χ4v) is 3.71. The molecule has 1 saturated heterocycles. The zero-order valence-electron chi connectivity index (χ0n) is 9.25. The molecule has 0 aliphatic carbocycles. The van der Waals surface area contributed by atoms with Crippen LogP contribution >= 0.6 is 11.3 Å². The van der Waals surface area contributed by atoms with E-state index < -0.39 is 0 Å². The second-order valence-electron chi connectivity index (χ2n) is 4.19. The molecule has 1 amide bonds. The van der Waals surface area contributed by atoms with E-state index in [4.69, 9.17) is 0 Å². The first-order chi connectivity index (χ1) is 7.23. The van der Waals surface area contributed by atoms with Gasteiger partial charge in [-0.05, 0) is 24.3 Å². The third-order valence-corrected chi connectivity index (χ3v) is 4.62. The predicted molar refractivity (Wildman–Crippen MR) is 63.1 cm³/mol. The average Bonchev–Trinajstić information content (AvgIpc) is 2.84. The van der Waals surface area contributed by atoms with E-state index in [-0.39, 0.29) is 11.3 Å². The second-order valence-corrected chi connectivity index (χ2v) is 5.14. The number of carbonyl (C=O) groups excluding carboxylic acids is 1. The molecule has 15 heavy (non-hydrogen) atoms. The summed E-state index contributed by atoms with van der Waals surface area (Å²) in [6, 6.07) is 4.55. The zero-order valence-corrected chi connectivity index (χ0v) is 10.1. The topological polar surface area (TPSA) is 29.1 Å². The normalized spacial score (nSPS) is 30.5. The van der Waals surface area contributed by atoms with Gasteiger partial charge >= 0.3 is 0 Å². The highest BCUT2D eigenvalue weighted by molar-refractivity contribution is 7.10. The maximum Gasteiger partial charge on any atom is 0.221 e. The van der Waals surface area contributed by atoms with Gasteiger partial charge in [0.1, 0.15) is 0 Å². The zero-order chi connectivity index (χ0) is 10.9. The van der Waals surface area contributed by atoms with Gasteiger partial charge in [0.15, 0.2) is 0 Å². The standard InChI is InChI=1S/C12H17NOS/c1-3-9-12(4-2,8-11(14)13-9)10-6-5-7-15-10/h5-7,9H,3-4,8H2,1-2H3,(H,13,14). The molecule has 2 nitrogen and oxygen atoms in total. The number of hydrogen-bond donors (Lipinski definition) is 1. The van der Waals surface area contributed by atoms with Crippen LogP contribution in [-0.2, 0) is 10.2 Å². The maximum atomic E-state index is 11.6. The predicted octanol–water partition coefficient (Wildman–Crippen LogP) is 2.69. The minimum Gasteiger partial charge on any atom is -0.352 e. The second kappa shape index (κ2) is 3.97. The number of carbonyl (C=O) groups is 1. The average molecular weight is 223 g/mol. The SMILES string of the molecule is CCC1NC(=O)CC1(CC)c1cccs1. The van der Waals surface area contributed by atoms with Gasteiger partial charge in [0.05, 0.1) is 0 Å². The van der Waals surface area contributed by atoms with Crippen molar-refractivity contribution in [3.63, 3.8) is 0 Å². The molecule has 1 aliphatic heterocycles. The van der Waals surface area contributed by atoms with Crippen molar-refractivity contribution in [3.8, 4) is 0 Å². The summed E-state index contributed by atoms with van der Waals surface area (Å²) >= 11 is 1.77. The lowest BCUT2D eigenvalue weighted by Gasteiger charge is -2.31. The van der Waals surface area contributed by atoms with E-state index in [9.17, 15) is 4.79 Å². The number of thiophene rings is 1. The third-order valence-electron chi connectivity index (χ3n) is 3.53. The van der Waals surface area contributed by atoms with Gasteiger partial charge in [-0.25, -0.2) is 0 Å². The number of nitrogens with one attached hydrogen (secondary N) is 1. The quantitative estimate of drug-likeness (QED) is 0.838. The first-order valence-corrected chi connectivity index (χ1v) is 6.44. The Morgan fingerprint density at radius 2 is 2.40 bits per heavy atom. The molecule has 0 radical (unpaired) electrons. The lowest BCUT2D eigenvalue weighted by Crippen LogP contribution is -2.39. The Bertz CT molecular complexity index is 347. The molecule has 0 aromatic carbocycles. The molecule has 2 rings (SSSR count). The van der Waals surface area contributed by atoms with Gasteiger partial charge in [0.2, 0.25) is 5.91 Å². The monoisotopic (exact) mass is 223 g/mol. The molecule has 1 fully saturated rings. The third kappa shape index (κ3) is 1.59. The van der Waals surface area contributed by atoms with Crippen molar-refractivity contribution in [3.05, 3.63) is 22.4 Å². The van der Waals surface area contributed by atoms with Gasteiger partial charge in [-0.15, -0.1) is 11.3 Å². The first-order valence-electron chi connectivity index (χ1n) is 5.56. The molecule has 2 unspecified atom stereocenters. The smallest absolute Gasteiger partial charge is 0.221 e. The molecule has 1 aliphatic rings. The molecule has 0 spiro atoms. The van der Waals surface area contributed by atoms with Gasteiger partial charge in [0.25, 0.3) is 0 Å². The maximum absolute atomic E-state index is 11.6. The highest BCUT2D eigenvalue weighted by Gasteiger charge is 2.46. The summed E-state index contributed by atoms with van der Waals surface area (Å²) in [5, 5.41) is 5.20. The van der Waals surface area contributed by atoms with E-state index in [0.717, 1.165) is 12.8 Å². The molecule has 0 saturated carbocycles. The summed E-state index contributed by atoms with van der Waals surface area (Å²) in [6.45, 7) is 4.33. The van der Waals surface area contributed by atoms with E-state index in [0.29, 0.717) is 12.5 Å². The lowest BCUT2D eigenvalue weighted by atomic mass is 9.75. The molecule has 2 atom stereocenters. The van der Waals surface area contributed by atoms with Crippen LogP contribution < -0.4 is 5.32 Å². The summed E-state index contributed by atoms with van der Waals surface area (Å²) in [5.74, 6) is 0.206. The van der Waals surface area contributed by atoms with Crippen LogP contribution in [0, 0.1) is 0 Å². The van der Waals surface area contributed by atoms with E-state index >= 15 is 0 Å². The van der Waals surface area contributed by atoms with Gasteiger partial charge in [-0.3, -0.25) is 4.79 Å². The molecule has 0 bridgehead atoms. The fourth-order valence-electron chi connectivity index (χ4n) is 2.65. The Kier molecular flexibility index (Phi) is 2.83. The van der Waals surface area contributed by atoms with Crippen molar-refractivity contribution in [2.45, 2.75) is 44.6 Å². The van der Waals surface area contributed by atoms with Gasteiger partial charge in [0, 0.05) is 22.8 Å². The Morgan fingerprint density at radius 3 is 2.93 bits per heavy atom. The number of rotatable bonds is 3. The molecular formula is C12H17NOS. The number of hydrogen-bond acceptors (Lipinski definition) is 2. The fraction of sp³-hybridized carbons (Fsp3) is 0.583. The molecule has 1 N–H and O–H groups in total. The summed E-state index contributed by atoms with van der Waals surface area (Å²) in [5.41, 5.74) is 0.0556. The van der Waals surface area contributed by atoms with Crippen LogP contribution in [0.3, 0.4) is 0 Å². The number of amides is 1. The molecule has 3 heteroatoms. The van der Waals surface area contributed by atoms with Crippen molar-refractivity contribution < 1.29 is 4.79 Å². The van der Waals surface area contributed by atoms with Gasteiger partial charge in [-0.1, -0.05) is 19.9 Å². The van der Waals surface area contributed by atoms with Crippen LogP contribution in [0.5, 0.6) is 0 Å². The molecule has 82 valence electrons. The summed E-state index contributed by atoms with van der Waals surface area (Å²) in [6.07, 6.45) is 2.70. The highest BCUT2D eigenvalue weighted by Crippen LogP contribution is 2.42. The van der Waals surface area contributed by atoms with E-state index in [2.05, 4.69) is 36.7 Å². The summed E-state index contributed by atoms with van der Waals surface area (Å²) in [4.78, 5) is 12.9. The largest absolute Gasteiger partial charge is 0.352 e. The van der Waals surface area contributed by atoms with Crippen LogP contribution in [-0.4, -0.2) is 11.9 Å². The molecule has 2 heterocycles. The summed E-state index contributed by atoms with van der Waals surface area (Å²) in [7, 11) is 0. The van der Waals surface area contributed by atoms with Crippen molar-refractivity contribution in [2.24, 2.45) is 0 Å². The Labute approximate surface area is 94.7 Å². The van der Waals surface area contributed by atoms with E-state index in [1.807, 2.05) is 0 Å². The highest BCUT2D eigenvalue weighted by atomic mass is 32.1. The Morgan fingerprint density at radius 1 is 1.60 bits per heavy atom. The van der Waals surface area contributed by atoms with Crippen molar-refractivity contribution in [2.75, 3.05) is 0 Å². The Hall–Kier alpha value is -0.830. The van der Waals surface area contributed by atoms with Crippen molar-refractivity contribution >= 4 is 17.2 Å². The Balaban J connectivity index is 2.39. The van der Waals surface area contributed by atoms with Gasteiger partial charge in [-0.2, -0.15) is 0 Å². The van der Waals surface area contributed by atoms with Crippen LogP contribution in [0.1, 0.15) is 38.0 Å². The van der Waals surface area contributed by atoms with Crippen LogP contribution in [0.15, 0.2) is 17.5 Å². The van der Waals surface area contributed by atoms with Crippen LogP contribution in [0.4, 0.5) is 0 Å². The van der Waals surface area contributed by atoms with E-state index in [1.165, 1.54) is 4.88 Å². The minimum atomic E-state index is 0.0556. The van der Waals surface area contributed by atoms with Crippen molar-refractivity contribution in [1.82, 2.24) is 5.32 Å². The van der Waals surface area contributed by atoms with Crippen LogP contribution in [0.2, 0.25) is 0 Å². The molecular weight excluding hydrogens is 206 g/mol. The van der Waals surface area contributed by atoms with Crippen molar-refractivity contribution in [1.29, 1.82) is 0 Å². The molecule has 1 aromatic heterocycles. The minimum absolute atomic E-state index is 0.0556. The van der Waals surface area contributed by atoms with Gasteiger partial charge < -0.3 is 5.32 Å². The lowest BCUT2D eigenvalue weighted by molar-refractivity contribution is -0.119. The first kappa shape index (κ1) is 10.7. The van der Waals surface area contributed by atoms with Crippen LogP contribution in [0.25, 0.3) is 0 Å². The summed E-state index contributed by atoms with van der Waals surface area (Å²) < 4.78 is 0. The van der Waals surface area contributed by atoms with E-state index in [1.54, 1.807) is 11.3 Å². The molecule has 1 aromatic rings.